The van der Waals surface area contributed by atoms with Gasteiger partial charge in [0.1, 0.15) is 16.5 Å². The summed E-state index contributed by atoms with van der Waals surface area (Å²) in [6, 6.07) is 7.44. The van der Waals surface area contributed by atoms with Crippen LogP contribution in [-0.4, -0.2) is 21.4 Å². The number of rotatable bonds is 5. The molecule has 2 N–H and O–H groups in total. The number of sulfonamides is 1. The van der Waals surface area contributed by atoms with Gasteiger partial charge in [0.15, 0.2) is 0 Å². The van der Waals surface area contributed by atoms with Crippen LogP contribution in [0.25, 0.3) is 0 Å². The number of nitrogens with one attached hydrogen (secondary N) is 2. The average Bonchev–Trinajstić information content (AvgIpc) is 2.49. The summed E-state index contributed by atoms with van der Waals surface area (Å²) in [5.41, 5.74) is 0.305. The molecule has 0 bridgehead atoms. The number of anilines is 2. The van der Waals surface area contributed by atoms with Crippen molar-refractivity contribution in [2.75, 3.05) is 17.1 Å². The molecule has 2 aromatic rings. The molecule has 0 aromatic heterocycles. The molecule has 0 aliphatic heterocycles. The number of methoxy groups -OCH3 is 1. The van der Waals surface area contributed by atoms with Crippen LogP contribution in [-0.2, 0) is 14.8 Å². The molecule has 24 heavy (non-hydrogen) atoms. The molecule has 0 aliphatic carbocycles. The Bertz CT molecular complexity index is 887. The van der Waals surface area contributed by atoms with Crippen molar-refractivity contribution in [2.24, 2.45) is 0 Å². The van der Waals surface area contributed by atoms with Crippen LogP contribution in [0.15, 0.2) is 41.3 Å². The van der Waals surface area contributed by atoms with Gasteiger partial charge in [-0.15, -0.1) is 0 Å². The van der Waals surface area contributed by atoms with Crippen LogP contribution in [0.5, 0.6) is 5.75 Å². The third-order valence-electron chi connectivity index (χ3n) is 2.95. The number of carbonyl (C=O) groups is 1. The van der Waals surface area contributed by atoms with Gasteiger partial charge in [-0.3, -0.25) is 9.52 Å². The maximum atomic E-state index is 13.1. The van der Waals surface area contributed by atoms with E-state index in [1.807, 2.05) is 0 Å². The predicted octanol–water partition coefficient (Wildman–Crippen LogP) is 3.25. The van der Waals surface area contributed by atoms with Crippen LogP contribution in [0.4, 0.5) is 15.8 Å². The van der Waals surface area contributed by atoms with Gasteiger partial charge in [0.05, 0.1) is 17.8 Å². The van der Waals surface area contributed by atoms with Gasteiger partial charge in [-0.1, -0.05) is 11.6 Å². The second-order valence-electron chi connectivity index (χ2n) is 4.78. The summed E-state index contributed by atoms with van der Waals surface area (Å²) in [5, 5.41) is 2.40. The van der Waals surface area contributed by atoms with Gasteiger partial charge in [-0.05, 0) is 36.4 Å². The highest BCUT2D eigenvalue weighted by atomic mass is 35.5. The molecule has 0 radical (unpaired) electrons. The number of hydrogen-bond donors (Lipinski definition) is 2. The van der Waals surface area contributed by atoms with E-state index in [0.717, 1.165) is 12.1 Å². The topological polar surface area (TPSA) is 84.5 Å². The maximum absolute atomic E-state index is 13.1. The van der Waals surface area contributed by atoms with E-state index >= 15 is 0 Å². The van der Waals surface area contributed by atoms with Crippen LogP contribution in [0, 0.1) is 5.82 Å². The SMILES string of the molecule is COc1ccc(NC(C)=O)cc1S(=O)(=O)Nc1ccc(F)cc1Cl. The van der Waals surface area contributed by atoms with E-state index in [4.69, 9.17) is 16.3 Å². The number of halogens is 2. The van der Waals surface area contributed by atoms with E-state index in [0.29, 0.717) is 0 Å². The molecule has 0 unspecified atom stereocenters. The fourth-order valence-electron chi connectivity index (χ4n) is 1.94. The smallest absolute Gasteiger partial charge is 0.265 e. The lowest BCUT2D eigenvalue weighted by molar-refractivity contribution is -0.114. The van der Waals surface area contributed by atoms with Crippen molar-refractivity contribution in [3.63, 3.8) is 0 Å². The molecule has 6 nitrogen and oxygen atoms in total. The Labute approximate surface area is 143 Å². The minimum atomic E-state index is -4.08. The van der Waals surface area contributed by atoms with E-state index in [1.165, 1.54) is 38.3 Å². The van der Waals surface area contributed by atoms with E-state index in [2.05, 4.69) is 10.0 Å². The molecule has 0 spiro atoms. The lowest BCUT2D eigenvalue weighted by Gasteiger charge is -2.14. The Hall–Kier alpha value is -2.32. The van der Waals surface area contributed by atoms with Crippen molar-refractivity contribution in [3.8, 4) is 5.75 Å². The highest BCUT2D eigenvalue weighted by Gasteiger charge is 2.21. The summed E-state index contributed by atoms with van der Waals surface area (Å²) in [4.78, 5) is 10.9. The third-order valence-corrected chi connectivity index (χ3v) is 4.65. The highest BCUT2D eigenvalue weighted by Crippen LogP contribution is 2.31. The lowest BCUT2D eigenvalue weighted by Crippen LogP contribution is -2.15. The maximum Gasteiger partial charge on any atom is 0.265 e. The van der Waals surface area contributed by atoms with E-state index in [9.17, 15) is 17.6 Å². The van der Waals surface area contributed by atoms with Crippen LogP contribution in [0.2, 0.25) is 5.02 Å². The predicted molar refractivity (Wildman–Crippen MR) is 89.5 cm³/mol. The summed E-state index contributed by atoms with van der Waals surface area (Å²) in [7, 11) is -2.77. The minimum Gasteiger partial charge on any atom is -0.495 e. The summed E-state index contributed by atoms with van der Waals surface area (Å²) < 4.78 is 45.6. The normalized spacial score (nSPS) is 11.0. The molecule has 2 rings (SSSR count). The first-order valence-corrected chi connectivity index (χ1v) is 8.52. The summed E-state index contributed by atoms with van der Waals surface area (Å²) in [6.07, 6.45) is 0. The number of hydrogen-bond acceptors (Lipinski definition) is 4. The van der Waals surface area contributed by atoms with Gasteiger partial charge < -0.3 is 10.1 Å². The van der Waals surface area contributed by atoms with Gasteiger partial charge >= 0.3 is 0 Å². The van der Waals surface area contributed by atoms with Crippen molar-refractivity contribution >= 4 is 38.9 Å². The van der Waals surface area contributed by atoms with Gasteiger partial charge in [0.25, 0.3) is 10.0 Å². The second kappa shape index (κ2) is 7.06. The highest BCUT2D eigenvalue weighted by molar-refractivity contribution is 7.92. The van der Waals surface area contributed by atoms with Gasteiger partial charge in [-0.2, -0.15) is 0 Å². The first-order valence-electron chi connectivity index (χ1n) is 6.66. The fraction of sp³-hybridized carbons (Fsp3) is 0.133. The third kappa shape index (κ3) is 4.15. The van der Waals surface area contributed by atoms with Crippen molar-refractivity contribution in [1.29, 1.82) is 0 Å². The second-order valence-corrected chi connectivity index (χ2v) is 6.83. The monoisotopic (exact) mass is 372 g/mol. The summed E-state index contributed by atoms with van der Waals surface area (Å²) in [6.45, 7) is 1.30. The van der Waals surface area contributed by atoms with Gasteiger partial charge in [0, 0.05) is 12.6 Å². The van der Waals surface area contributed by atoms with Crippen LogP contribution >= 0.6 is 11.6 Å². The van der Waals surface area contributed by atoms with Gasteiger partial charge in [0.2, 0.25) is 5.91 Å². The minimum absolute atomic E-state index is 0.0186. The first-order chi connectivity index (χ1) is 11.2. The Balaban J connectivity index is 2.45. The fourth-order valence-corrected chi connectivity index (χ4v) is 3.49. The van der Waals surface area contributed by atoms with Crippen molar-refractivity contribution in [3.05, 3.63) is 47.2 Å². The van der Waals surface area contributed by atoms with Gasteiger partial charge in [-0.25, -0.2) is 12.8 Å². The molecule has 9 heteroatoms. The molecule has 0 aliphatic rings. The van der Waals surface area contributed by atoms with Crippen molar-refractivity contribution in [1.82, 2.24) is 0 Å². The molecule has 0 saturated carbocycles. The largest absolute Gasteiger partial charge is 0.495 e. The van der Waals surface area contributed by atoms with Crippen molar-refractivity contribution < 1.29 is 22.3 Å². The first kappa shape index (κ1) is 18.0. The molecule has 0 fully saturated rings. The Morgan fingerprint density at radius 2 is 1.92 bits per heavy atom. The van der Waals surface area contributed by atoms with Crippen LogP contribution in [0.1, 0.15) is 6.92 Å². The van der Waals surface area contributed by atoms with E-state index < -0.39 is 15.8 Å². The molecule has 2 aromatic carbocycles. The van der Waals surface area contributed by atoms with Crippen LogP contribution in [0.3, 0.4) is 0 Å². The van der Waals surface area contributed by atoms with Crippen LogP contribution < -0.4 is 14.8 Å². The number of amides is 1. The molecule has 0 atom stereocenters. The summed E-state index contributed by atoms with van der Waals surface area (Å²) in [5.74, 6) is -0.860. The summed E-state index contributed by atoms with van der Waals surface area (Å²) >= 11 is 5.84. The standard InChI is InChI=1S/C15H14ClFN2O4S/c1-9(20)18-11-4-6-14(23-2)15(8-11)24(21,22)19-13-5-3-10(17)7-12(13)16/h3-8,19H,1-2H3,(H,18,20). The quantitative estimate of drug-likeness (QED) is 0.843. The number of carbonyl (C=O) groups excluding carboxylic acids is 1. The Kier molecular flexibility index (Phi) is 5.30. The number of ether oxygens (including phenoxy) is 1. The van der Waals surface area contributed by atoms with E-state index in [1.54, 1.807) is 0 Å². The number of benzene rings is 2. The zero-order valence-electron chi connectivity index (χ0n) is 12.8. The van der Waals surface area contributed by atoms with Crippen molar-refractivity contribution in [2.45, 2.75) is 11.8 Å². The molecular formula is C15H14ClFN2O4S. The molecule has 0 saturated heterocycles. The lowest BCUT2D eigenvalue weighted by atomic mass is 10.3. The molecule has 0 heterocycles. The Morgan fingerprint density at radius 3 is 2.50 bits per heavy atom. The average molecular weight is 373 g/mol. The van der Waals surface area contributed by atoms with E-state index in [-0.39, 0.29) is 32.9 Å². The zero-order valence-corrected chi connectivity index (χ0v) is 14.3. The zero-order chi connectivity index (χ0) is 17.9. The Morgan fingerprint density at radius 1 is 1.21 bits per heavy atom. The molecular weight excluding hydrogens is 359 g/mol. The molecule has 1 amide bonds. The molecule has 128 valence electrons.